The molecule has 0 saturated carbocycles. The number of rotatable bonds is 7. The highest BCUT2D eigenvalue weighted by molar-refractivity contribution is 5.70. The number of anilines is 1. The second-order valence-electron chi connectivity index (χ2n) is 7.60. The Balaban J connectivity index is 2.32. The lowest BCUT2D eigenvalue weighted by atomic mass is 10.0. The minimum atomic E-state index is -1.00. The lowest BCUT2D eigenvalue weighted by Gasteiger charge is -2.36. The zero-order chi connectivity index (χ0) is 22.8. The van der Waals surface area contributed by atoms with Gasteiger partial charge in [-0.05, 0) is 17.7 Å². The van der Waals surface area contributed by atoms with Crippen molar-refractivity contribution in [2.24, 2.45) is 0 Å². The van der Waals surface area contributed by atoms with E-state index in [-0.39, 0.29) is 32.2 Å². The smallest absolute Gasteiger partial charge is 0.317 e. The lowest BCUT2D eigenvalue weighted by molar-refractivity contribution is -0.141. The van der Waals surface area contributed by atoms with E-state index in [1.54, 1.807) is 21.9 Å². The van der Waals surface area contributed by atoms with E-state index in [1.807, 2.05) is 17.0 Å². The van der Waals surface area contributed by atoms with Gasteiger partial charge < -0.3 is 26.4 Å². The Morgan fingerprint density at radius 3 is 2.00 bits per heavy atom. The van der Waals surface area contributed by atoms with Crippen molar-refractivity contribution in [3.05, 3.63) is 29.8 Å². The molecular formula is C20H31N5O6. The third-order valence-corrected chi connectivity index (χ3v) is 5.16. The molecule has 1 heterocycles. The van der Waals surface area contributed by atoms with E-state index in [9.17, 15) is 24.6 Å². The van der Waals surface area contributed by atoms with Crippen LogP contribution in [0.3, 0.4) is 0 Å². The number of nitrogens with two attached hydrogens (primary N) is 1. The molecule has 0 bridgehead atoms. The summed E-state index contributed by atoms with van der Waals surface area (Å²) in [5.41, 5.74) is 7.22. The van der Waals surface area contributed by atoms with Gasteiger partial charge in [0.1, 0.15) is 0 Å². The second-order valence-corrected chi connectivity index (χ2v) is 7.60. The molecule has 1 unspecified atom stereocenters. The number of carboxylic acids is 3. The molecule has 0 radical (unpaired) electrons. The molecule has 11 heteroatoms. The molecule has 6 N–H and O–H groups in total. The van der Waals surface area contributed by atoms with Crippen LogP contribution in [0.2, 0.25) is 0 Å². The number of nitrogens with one attached hydrogen (secondary N) is 1. The fraction of sp³-hybridized carbons (Fsp3) is 0.550. The SMILES string of the molecule is Nc1ccc(C2CN(CC(=O)O)CCN(CC(=O)O)CCNCCN2CC(=O)O)cc1. The molecule has 1 aromatic carbocycles. The summed E-state index contributed by atoms with van der Waals surface area (Å²) in [7, 11) is 0. The summed E-state index contributed by atoms with van der Waals surface area (Å²) in [4.78, 5) is 39.5. The van der Waals surface area contributed by atoms with Crippen molar-refractivity contribution in [3.8, 4) is 0 Å². The van der Waals surface area contributed by atoms with E-state index in [0.717, 1.165) is 5.56 Å². The first-order valence-electron chi connectivity index (χ1n) is 10.1. The van der Waals surface area contributed by atoms with Gasteiger partial charge in [-0.15, -0.1) is 0 Å². The number of hydrogen-bond donors (Lipinski definition) is 5. The summed E-state index contributed by atoms with van der Waals surface area (Å²) in [6.45, 7) is 2.43. The van der Waals surface area contributed by atoms with Gasteiger partial charge in [0, 0.05) is 57.5 Å². The first-order valence-corrected chi connectivity index (χ1v) is 10.1. The average molecular weight is 437 g/mol. The zero-order valence-corrected chi connectivity index (χ0v) is 17.4. The van der Waals surface area contributed by atoms with Crippen molar-refractivity contribution < 1.29 is 29.7 Å². The fourth-order valence-corrected chi connectivity index (χ4v) is 3.67. The molecule has 31 heavy (non-hydrogen) atoms. The number of nitrogen functional groups attached to an aromatic ring is 1. The molecule has 0 aliphatic carbocycles. The zero-order valence-electron chi connectivity index (χ0n) is 17.4. The van der Waals surface area contributed by atoms with Crippen LogP contribution in [0.5, 0.6) is 0 Å². The van der Waals surface area contributed by atoms with Crippen LogP contribution < -0.4 is 11.1 Å². The second kappa shape index (κ2) is 12.2. The highest BCUT2D eigenvalue weighted by atomic mass is 16.4. The van der Waals surface area contributed by atoms with E-state index in [4.69, 9.17) is 10.8 Å². The number of hydrogen-bond acceptors (Lipinski definition) is 8. The van der Waals surface area contributed by atoms with Crippen molar-refractivity contribution in [2.75, 3.05) is 71.2 Å². The Kier molecular flexibility index (Phi) is 9.66. The summed E-state index contributed by atoms with van der Waals surface area (Å²) in [5.74, 6) is -2.91. The maximum absolute atomic E-state index is 11.5. The quantitative estimate of drug-likeness (QED) is 0.335. The van der Waals surface area contributed by atoms with E-state index in [0.29, 0.717) is 45.0 Å². The van der Waals surface area contributed by atoms with E-state index < -0.39 is 17.9 Å². The summed E-state index contributed by atoms with van der Waals surface area (Å²) >= 11 is 0. The minimum absolute atomic E-state index is 0.130. The monoisotopic (exact) mass is 437 g/mol. The number of aliphatic carboxylic acids is 3. The molecule has 0 aromatic heterocycles. The Morgan fingerprint density at radius 1 is 0.839 bits per heavy atom. The lowest BCUT2D eigenvalue weighted by Crippen LogP contribution is -2.48. The Hall–Kier alpha value is -2.73. The van der Waals surface area contributed by atoms with Gasteiger partial charge in [0.15, 0.2) is 0 Å². The predicted octanol–water partition coefficient (Wildman–Crippen LogP) is -0.927. The Labute approximate surface area is 181 Å². The molecular weight excluding hydrogens is 406 g/mol. The van der Waals surface area contributed by atoms with Crippen LogP contribution in [0.15, 0.2) is 24.3 Å². The van der Waals surface area contributed by atoms with E-state index in [1.165, 1.54) is 0 Å². The van der Waals surface area contributed by atoms with Gasteiger partial charge in [-0.1, -0.05) is 12.1 Å². The van der Waals surface area contributed by atoms with Gasteiger partial charge in [0.05, 0.1) is 19.6 Å². The van der Waals surface area contributed by atoms with E-state index >= 15 is 0 Å². The normalized spacial score (nSPS) is 20.5. The van der Waals surface area contributed by atoms with Crippen molar-refractivity contribution in [1.29, 1.82) is 0 Å². The van der Waals surface area contributed by atoms with Gasteiger partial charge in [-0.25, -0.2) is 0 Å². The van der Waals surface area contributed by atoms with Gasteiger partial charge in [0.2, 0.25) is 0 Å². The van der Waals surface area contributed by atoms with Crippen molar-refractivity contribution in [1.82, 2.24) is 20.0 Å². The van der Waals surface area contributed by atoms with Gasteiger partial charge in [0.25, 0.3) is 0 Å². The van der Waals surface area contributed by atoms with Gasteiger partial charge in [-0.3, -0.25) is 29.1 Å². The van der Waals surface area contributed by atoms with Gasteiger partial charge >= 0.3 is 17.9 Å². The maximum Gasteiger partial charge on any atom is 0.317 e. The highest BCUT2D eigenvalue weighted by Gasteiger charge is 2.26. The molecule has 11 nitrogen and oxygen atoms in total. The molecule has 1 aliphatic heterocycles. The van der Waals surface area contributed by atoms with Crippen LogP contribution in [0.4, 0.5) is 5.69 Å². The summed E-state index contributed by atoms with van der Waals surface area (Å²) < 4.78 is 0. The van der Waals surface area contributed by atoms with Crippen LogP contribution >= 0.6 is 0 Å². The first kappa shape index (κ1) is 24.5. The first-order chi connectivity index (χ1) is 14.7. The van der Waals surface area contributed by atoms with Crippen LogP contribution in [0, 0.1) is 0 Å². The molecule has 1 atom stereocenters. The van der Waals surface area contributed by atoms with Crippen LogP contribution in [0.1, 0.15) is 11.6 Å². The van der Waals surface area contributed by atoms with Crippen LogP contribution in [-0.4, -0.2) is 113 Å². The molecule has 1 aromatic rings. The number of carbonyl (C=O) groups is 3. The number of carboxylic acid groups (broad SMARTS) is 3. The molecule has 0 spiro atoms. The average Bonchev–Trinajstić information content (AvgIpc) is 2.67. The van der Waals surface area contributed by atoms with Gasteiger partial charge in [-0.2, -0.15) is 0 Å². The van der Waals surface area contributed by atoms with Crippen molar-refractivity contribution in [3.63, 3.8) is 0 Å². The Morgan fingerprint density at radius 2 is 1.39 bits per heavy atom. The van der Waals surface area contributed by atoms with Crippen molar-refractivity contribution in [2.45, 2.75) is 6.04 Å². The molecule has 0 amide bonds. The number of nitrogens with zero attached hydrogens (tertiary/aromatic N) is 3. The summed E-state index contributed by atoms with van der Waals surface area (Å²) in [6, 6.07) is 6.75. The summed E-state index contributed by atoms with van der Waals surface area (Å²) in [5, 5.41) is 31.2. The minimum Gasteiger partial charge on any atom is -0.480 e. The third kappa shape index (κ3) is 8.89. The van der Waals surface area contributed by atoms with Crippen molar-refractivity contribution >= 4 is 23.6 Å². The van der Waals surface area contributed by atoms with Crippen LogP contribution in [0.25, 0.3) is 0 Å². The fourth-order valence-electron chi connectivity index (χ4n) is 3.67. The van der Waals surface area contributed by atoms with E-state index in [2.05, 4.69) is 5.32 Å². The molecule has 1 aliphatic rings. The molecule has 1 fully saturated rings. The number of benzene rings is 1. The maximum atomic E-state index is 11.5. The molecule has 2 rings (SSSR count). The highest BCUT2D eigenvalue weighted by Crippen LogP contribution is 2.23. The predicted molar refractivity (Wildman–Crippen MR) is 114 cm³/mol. The molecule has 172 valence electrons. The standard InChI is InChI=1S/C20H31N5O6/c21-16-3-1-15(2-4-16)17-11-24(13-19(28)29)10-9-23(12-18(26)27)7-5-22-6-8-25(17)14-20(30)31/h1-4,17,22H,5-14,21H2,(H,26,27)(H,28,29)(H,30,31). The summed E-state index contributed by atoms with van der Waals surface area (Å²) in [6.07, 6.45) is 0. The Bertz CT molecular complexity index is 744. The largest absolute Gasteiger partial charge is 0.480 e. The van der Waals surface area contributed by atoms with Crippen LogP contribution in [-0.2, 0) is 14.4 Å². The third-order valence-electron chi connectivity index (χ3n) is 5.16. The molecule has 1 saturated heterocycles. The topological polar surface area (TPSA) is 160 Å².